The van der Waals surface area contributed by atoms with Crippen LogP contribution in [0, 0.1) is 6.92 Å². The third-order valence-electron chi connectivity index (χ3n) is 7.20. The summed E-state index contributed by atoms with van der Waals surface area (Å²) in [5, 5.41) is 8.38. The Labute approximate surface area is 237 Å². The van der Waals surface area contributed by atoms with Crippen molar-refractivity contribution in [2.75, 3.05) is 49.4 Å². The first kappa shape index (κ1) is 27.9. The summed E-state index contributed by atoms with van der Waals surface area (Å²) in [5.41, 5.74) is 10.0. The molecular formula is C27H33N7O4S2. The van der Waals surface area contributed by atoms with Gasteiger partial charge < -0.3 is 31.0 Å². The molecule has 212 valence electrons. The van der Waals surface area contributed by atoms with E-state index in [1.54, 1.807) is 24.8 Å². The molecule has 40 heavy (non-hydrogen) atoms. The molecular weight excluding hydrogens is 550 g/mol. The van der Waals surface area contributed by atoms with E-state index in [1.165, 1.54) is 23.2 Å². The van der Waals surface area contributed by atoms with Crippen LogP contribution in [0.4, 0.5) is 23.1 Å². The number of rotatable bonds is 10. The van der Waals surface area contributed by atoms with Crippen molar-refractivity contribution in [3.8, 4) is 17.1 Å². The fraction of sp³-hybridized carbons (Fsp3) is 0.370. The Hall–Kier alpha value is -3.68. The summed E-state index contributed by atoms with van der Waals surface area (Å²) in [6, 6.07) is 7.77. The Bertz CT molecular complexity index is 1590. The van der Waals surface area contributed by atoms with Crippen molar-refractivity contribution in [2.45, 2.75) is 25.7 Å². The van der Waals surface area contributed by atoms with Crippen LogP contribution in [0.25, 0.3) is 11.4 Å². The van der Waals surface area contributed by atoms with Crippen molar-refractivity contribution >= 4 is 50.2 Å². The smallest absolute Gasteiger partial charge is 0.260 e. The van der Waals surface area contributed by atoms with Gasteiger partial charge in [-0.2, -0.15) is 4.98 Å². The van der Waals surface area contributed by atoms with Gasteiger partial charge in [0.25, 0.3) is 5.91 Å². The lowest BCUT2D eigenvalue weighted by Crippen LogP contribution is -2.36. The largest absolute Gasteiger partial charge is 0.495 e. The number of piperidine rings is 1. The average Bonchev–Trinajstić information content (AvgIpc) is 3.57. The molecule has 2 aromatic rings. The number of likely N-dealkylation sites (tertiary alicyclic amines) is 1. The fourth-order valence-electron chi connectivity index (χ4n) is 5.12. The molecule has 0 unspecified atom stereocenters. The number of anilines is 4. The molecule has 1 amide bonds. The molecule has 3 aliphatic heterocycles. The number of fused-ring (bicyclic) bond motifs is 1. The lowest BCUT2D eigenvalue weighted by Gasteiger charge is -2.33. The monoisotopic (exact) mass is 583 g/mol. The summed E-state index contributed by atoms with van der Waals surface area (Å²) in [4.78, 5) is 26.8. The van der Waals surface area contributed by atoms with E-state index in [0.717, 1.165) is 42.7 Å². The minimum Gasteiger partial charge on any atom is -0.495 e. The topological polar surface area (TPSA) is 155 Å². The molecule has 3 aliphatic rings. The lowest BCUT2D eigenvalue weighted by atomic mass is 9.86. The Morgan fingerprint density at radius 3 is 2.70 bits per heavy atom. The fourth-order valence-corrected chi connectivity index (χ4v) is 6.41. The molecule has 1 saturated heterocycles. The number of hydrogen-bond donors (Lipinski definition) is 4. The number of benzene rings is 1. The lowest BCUT2D eigenvalue weighted by molar-refractivity contribution is 0.100. The second-order valence-electron chi connectivity index (χ2n) is 10.1. The van der Waals surface area contributed by atoms with Crippen LogP contribution in [-0.4, -0.2) is 72.9 Å². The first-order chi connectivity index (χ1) is 19.1. The highest BCUT2D eigenvalue weighted by Crippen LogP contribution is 2.38. The molecule has 1 aromatic heterocycles. The van der Waals surface area contributed by atoms with Crippen molar-refractivity contribution in [1.82, 2.24) is 19.9 Å². The number of sulfone groups is 1. The van der Waals surface area contributed by atoms with Crippen LogP contribution in [0.5, 0.6) is 5.75 Å². The quantitative estimate of drug-likeness (QED) is 0.216. The van der Waals surface area contributed by atoms with Gasteiger partial charge in [0, 0.05) is 19.0 Å². The zero-order valence-electron chi connectivity index (χ0n) is 22.7. The van der Waals surface area contributed by atoms with Crippen LogP contribution in [0.1, 0.15) is 39.6 Å². The SMILES string of the molecule is COc1cc(C2CCN(CCS(C)(=O)=O)CC2)c(C)cc1Nc1nc(Nc2ccsc2C(N)=O)c2ccnc-2[nH]1. The number of H-pyrrole nitrogens is 1. The van der Waals surface area contributed by atoms with Crippen LogP contribution in [0.15, 0.2) is 35.8 Å². The van der Waals surface area contributed by atoms with Crippen molar-refractivity contribution in [2.24, 2.45) is 5.73 Å². The maximum absolute atomic E-state index is 11.8. The Balaban J connectivity index is 1.36. The number of nitrogens with two attached hydrogens (primary N) is 1. The molecule has 5 rings (SSSR count). The van der Waals surface area contributed by atoms with Gasteiger partial charge in [-0.1, -0.05) is 0 Å². The Morgan fingerprint density at radius 1 is 1.23 bits per heavy atom. The van der Waals surface area contributed by atoms with Gasteiger partial charge in [-0.05, 0) is 79.5 Å². The maximum atomic E-state index is 11.8. The van der Waals surface area contributed by atoms with Crippen LogP contribution in [-0.2, 0) is 9.84 Å². The zero-order valence-corrected chi connectivity index (χ0v) is 24.3. The molecule has 0 saturated carbocycles. The molecule has 0 bridgehead atoms. The number of ether oxygens (including phenoxy) is 1. The number of aryl methyl sites for hydroxylation is 1. The van der Waals surface area contributed by atoms with Crippen molar-refractivity contribution in [3.05, 3.63) is 51.8 Å². The molecule has 5 N–H and O–H groups in total. The summed E-state index contributed by atoms with van der Waals surface area (Å²) in [6.07, 6.45) is 4.89. The van der Waals surface area contributed by atoms with Crippen molar-refractivity contribution in [1.29, 1.82) is 0 Å². The Morgan fingerprint density at radius 2 is 2.00 bits per heavy atom. The van der Waals surface area contributed by atoms with Crippen LogP contribution in [0.2, 0.25) is 0 Å². The van der Waals surface area contributed by atoms with E-state index in [4.69, 9.17) is 15.5 Å². The highest BCUT2D eigenvalue weighted by Gasteiger charge is 2.24. The molecule has 1 fully saturated rings. The van der Waals surface area contributed by atoms with Crippen LogP contribution < -0.4 is 21.1 Å². The minimum atomic E-state index is -2.96. The molecule has 1 aromatic carbocycles. The van der Waals surface area contributed by atoms with Gasteiger partial charge >= 0.3 is 0 Å². The van der Waals surface area contributed by atoms with Gasteiger partial charge in [0.05, 0.1) is 29.8 Å². The summed E-state index contributed by atoms with van der Waals surface area (Å²) in [5.74, 6) is 2.36. The van der Waals surface area contributed by atoms with E-state index in [0.29, 0.717) is 46.4 Å². The number of nitrogens with one attached hydrogen (secondary N) is 3. The van der Waals surface area contributed by atoms with Gasteiger partial charge in [0.2, 0.25) is 5.95 Å². The third kappa shape index (κ3) is 6.21. The van der Waals surface area contributed by atoms with Crippen molar-refractivity contribution in [3.63, 3.8) is 0 Å². The van der Waals surface area contributed by atoms with Crippen LogP contribution >= 0.6 is 11.3 Å². The van der Waals surface area contributed by atoms with Gasteiger partial charge in [-0.3, -0.25) is 4.79 Å². The predicted molar refractivity (Wildman–Crippen MR) is 158 cm³/mol. The number of hydrogen-bond acceptors (Lipinski definition) is 10. The molecule has 4 heterocycles. The summed E-state index contributed by atoms with van der Waals surface area (Å²) in [6.45, 7) is 4.40. The molecule has 0 radical (unpaired) electrons. The number of amides is 1. The second kappa shape index (κ2) is 11.4. The van der Waals surface area contributed by atoms with E-state index in [9.17, 15) is 13.2 Å². The predicted octanol–water partition coefficient (Wildman–Crippen LogP) is 4.10. The van der Waals surface area contributed by atoms with Crippen molar-refractivity contribution < 1.29 is 17.9 Å². The maximum Gasteiger partial charge on any atom is 0.260 e. The minimum absolute atomic E-state index is 0.193. The number of carbonyl (C=O) groups excluding carboxylic acids is 1. The van der Waals surface area contributed by atoms with E-state index < -0.39 is 15.7 Å². The molecule has 13 heteroatoms. The third-order valence-corrected chi connectivity index (χ3v) is 9.06. The van der Waals surface area contributed by atoms with E-state index in [-0.39, 0.29) is 5.75 Å². The molecule has 0 spiro atoms. The normalized spacial score (nSPS) is 14.9. The highest BCUT2D eigenvalue weighted by molar-refractivity contribution is 7.90. The summed E-state index contributed by atoms with van der Waals surface area (Å²) >= 11 is 1.27. The number of methoxy groups -OCH3 is 1. The molecule has 11 nitrogen and oxygen atoms in total. The number of primary amides is 1. The van der Waals surface area contributed by atoms with Crippen LogP contribution in [0.3, 0.4) is 0 Å². The first-order valence-corrected chi connectivity index (χ1v) is 15.9. The standard InChI is InChI=1S/C27H33N7O4S2/c1-16-14-21(22(38-2)15-19(16)17-5-9-34(10-6-17)11-13-40(3,36)37)31-27-32-25-18(4-8-29-25)26(33-27)30-20-7-12-39-23(20)24(28)35/h4,7-8,12,14-15,17H,5-6,9-11,13H2,1-3H3,(H2,28,35)(H3,29,30,31,32,33). The number of nitrogens with zero attached hydrogens (tertiary/aromatic N) is 3. The van der Waals surface area contributed by atoms with Gasteiger partial charge in [0.1, 0.15) is 32.1 Å². The molecule has 0 atom stereocenters. The summed E-state index contributed by atoms with van der Waals surface area (Å²) < 4.78 is 28.8. The number of aromatic nitrogens is 3. The van der Waals surface area contributed by atoms with Gasteiger partial charge in [0.15, 0.2) is 0 Å². The van der Waals surface area contributed by atoms with Gasteiger partial charge in [-0.25, -0.2) is 13.4 Å². The van der Waals surface area contributed by atoms with E-state index in [2.05, 4.69) is 44.6 Å². The first-order valence-electron chi connectivity index (χ1n) is 13.0. The number of aromatic amines is 1. The second-order valence-corrected chi connectivity index (χ2v) is 13.2. The number of carbonyl (C=O) groups is 1. The van der Waals surface area contributed by atoms with Gasteiger partial charge in [-0.15, -0.1) is 11.3 Å². The van der Waals surface area contributed by atoms with E-state index in [1.807, 2.05) is 6.07 Å². The molecule has 0 aliphatic carbocycles. The zero-order chi connectivity index (χ0) is 28.4. The Kier molecular flexibility index (Phi) is 7.97. The van der Waals surface area contributed by atoms with E-state index >= 15 is 0 Å². The number of thiophene rings is 1. The highest BCUT2D eigenvalue weighted by atomic mass is 32.2. The average molecular weight is 584 g/mol. The summed E-state index contributed by atoms with van der Waals surface area (Å²) in [7, 11) is -1.32.